The highest BCUT2D eigenvalue weighted by atomic mass is 16.3. The summed E-state index contributed by atoms with van der Waals surface area (Å²) in [5.41, 5.74) is 14.7. The minimum Gasteiger partial charge on any atom is -0.455 e. The number of hydrogen-bond acceptors (Lipinski definition) is 4. The van der Waals surface area contributed by atoms with Crippen LogP contribution in [0.25, 0.3) is 88.7 Å². The summed E-state index contributed by atoms with van der Waals surface area (Å²) in [5, 5.41) is 12.0. The van der Waals surface area contributed by atoms with Crippen molar-refractivity contribution in [1.82, 2.24) is 9.97 Å². The molecule has 3 aromatic heterocycles. The normalized spacial score (nSPS) is 11.1. The van der Waals surface area contributed by atoms with Crippen LogP contribution < -0.4 is 0 Å². The molecule has 0 unspecified atom stereocenters. The van der Waals surface area contributed by atoms with E-state index >= 15 is 0 Å². The van der Waals surface area contributed by atoms with Gasteiger partial charge in [-0.25, -0.2) is 0 Å². The van der Waals surface area contributed by atoms with E-state index in [-0.39, 0.29) is 0 Å². The summed E-state index contributed by atoms with van der Waals surface area (Å²) >= 11 is 0. The first kappa shape index (κ1) is 30.0. The second kappa shape index (κ2) is 12.7. The molecule has 0 amide bonds. The number of furan rings is 1. The lowest BCUT2D eigenvalue weighted by Crippen LogP contribution is -1.91. The van der Waals surface area contributed by atoms with Gasteiger partial charge in [-0.2, -0.15) is 5.26 Å². The van der Waals surface area contributed by atoms with Crippen molar-refractivity contribution >= 4 is 21.9 Å². The van der Waals surface area contributed by atoms with E-state index in [0.29, 0.717) is 5.56 Å². The first-order valence-corrected chi connectivity index (χ1v) is 16.9. The number of para-hydroxylation sites is 2. The van der Waals surface area contributed by atoms with E-state index in [1.807, 2.05) is 60.9 Å². The lowest BCUT2D eigenvalue weighted by Gasteiger charge is -2.16. The van der Waals surface area contributed by atoms with Gasteiger partial charge in [-0.15, -0.1) is 0 Å². The Labute approximate surface area is 295 Å². The fourth-order valence-corrected chi connectivity index (χ4v) is 7.19. The lowest BCUT2D eigenvalue weighted by atomic mass is 9.88. The average molecular weight is 652 g/mol. The average Bonchev–Trinajstić information content (AvgIpc) is 3.61. The summed E-state index contributed by atoms with van der Waals surface area (Å²) in [6, 6.07) is 54.5. The maximum atomic E-state index is 9.92. The van der Waals surface area contributed by atoms with Crippen LogP contribution in [-0.2, 0) is 0 Å². The summed E-state index contributed by atoms with van der Waals surface area (Å²) in [6.45, 7) is 0. The number of fused-ring (bicyclic) bond motifs is 3. The van der Waals surface area contributed by atoms with Gasteiger partial charge in [0.1, 0.15) is 11.2 Å². The molecule has 51 heavy (non-hydrogen) atoms. The van der Waals surface area contributed by atoms with Crippen molar-refractivity contribution in [2.45, 2.75) is 0 Å². The molecule has 0 spiro atoms. The molecule has 4 heteroatoms. The van der Waals surface area contributed by atoms with Crippen molar-refractivity contribution in [3.05, 3.63) is 182 Å². The first-order chi connectivity index (χ1) is 25.3. The Bertz CT molecular complexity index is 2660. The number of hydrogen-bond donors (Lipinski definition) is 0. The Balaban J connectivity index is 1.31. The molecule has 9 aromatic rings. The van der Waals surface area contributed by atoms with Gasteiger partial charge < -0.3 is 4.42 Å². The van der Waals surface area contributed by atoms with E-state index in [9.17, 15) is 5.26 Å². The van der Waals surface area contributed by atoms with Crippen molar-refractivity contribution in [2.75, 3.05) is 0 Å². The van der Waals surface area contributed by atoms with Gasteiger partial charge in [-0.05, 0) is 75.3 Å². The van der Waals surface area contributed by atoms with Gasteiger partial charge in [0, 0.05) is 63.4 Å². The Morgan fingerprint density at radius 3 is 1.33 bits per heavy atom. The van der Waals surface area contributed by atoms with Gasteiger partial charge in [-0.1, -0.05) is 115 Å². The third kappa shape index (κ3) is 5.35. The van der Waals surface area contributed by atoms with Gasteiger partial charge in [0.25, 0.3) is 0 Å². The largest absolute Gasteiger partial charge is 0.455 e. The molecule has 0 fully saturated rings. The molecule has 3 heterocycles. The maximum Gasteiger partial charge on any atom is 0.143 e. The molecule has 0 aliphatic heterocycles. The Morgan fingerprint density at radius 2 is 0.824 bits per heavy atom. The molecule has 4 nitrogen and oxygen atoms in total. The molecular weight excluding hydrogens is 623 g/mol. The molecule has 0 aliphatic carbocycles. The smallest absolute Gasteiger partial charge is 0.143 e. The minimum absolute atomic E-state index is 0.614. The third-order valence-electron chi connectivity index (χ3n) is 9.53. The van der Waals surface area contributed by atoms with Crippen molar-refractivity contribution in [2.24, 2.45) is 0 Å². The molecule has 238 valence electrons. The fraction of sp³-hybridized carbons (Fsp3) is 0. The highest BCUT2D eigenvalue weighted by Gasteiger charge is 2.19. The van der Waals surface area contributed by atoms with Crippen molar-refractivity contribution < 1.29 is 4.42 Å². The summed E-state index contributed by atoms with van der Waals surface area (Å²) in [6.07, 6.45) is 7.44. The van der Waals surface area contributed by atoms with Crippen LogP contribution in [0, 0.1) is 11.3 Å². The number of pyridine rings is 2. The number of rotatable bonds is 6. The molecule has 0 radical (unpaired) electrons. The lowest BCUT2D eigenvalue weighted by molar-refractivity contribution is 0.671. The molecule has 0 aliphatic rings. The highest BCUT2D eigenvalue weighted by molar-refractivity contribution is 6.13. The topological polar surface area (TPSA) is 62.7 Å². The number of aromatic nitrogens is 2. The van der Waals surface area contributed by atoms with Crippen LogP contribution in [0.1, 0.15) is 5.56 Å². The number of nitrogens with zero attached hydrogens (tertiary/aromatic N) is 3. The van der Waals surface area contributed by atoms with Crippen LogP contribution in [0.5, 0.6) is 0 Å². The SMILES string of the molecule is N#Cc1ccccc1-c1cccc2c1oc1c(-c3cc(-c4ccccc4-c4cccnc4)cc(-c4ccccc4-c4cccnc4)c3)cccc12. The fourth-order valence-electron chi connectivity index (χ4n) is 7.19. The van der Waals surface area contributed by atoms with E-state index in [4.69, 9.17) is 4.42 Å². The summed E-state index contributed by atoms with van der Waals surface area (Å²) in [4.78, 5) is 8.86. The van der Waals surface area contributed by atoms with E-state index in [0.717, 1.165) is 88.7 Å². The van der Waals surface area contributed by atoms with E-state index < -0.39 is 0 Å². The molecule has 0 N–H and O–H groups in total. The predicted molar refractivity (Wildman–Crippen MR) is 207 cm³/mol. The third-order valence-corrected chi connectivity index (χ3v) is 9.53. The zero-order valence-electron chi connectivity index (χ0n) is 27.5. The van der Waals surface area contributed by atoms with E-state index in [1.165, 1.54) is 0 Å². The molecular formula is C47H29N3O. The molecule has 0 saturated carbocycles. The van der Waals surface area contributed by atoms with Crippen LogP contribution in [-0.4, -0.2) is 9.97 Å². The monoisotopic (exact) mass is 651 g/mol. The van der Waals surface area contributed by atoms with Gasteiger partial charge in [-0.3, -0.25) is 9.97 Å². The number of nitriles is 1. The van der Waals surface area contributed by atoms with Crippen molar-refractivity contribution in [3.63, 3.8) is 0 Å². The Kier molecular flexibility index (Phi) is 7.50. The Hall–Kier alpha value is -7.09. The van der Waals surface area contributed by atoms with Crippen LogP contribution in [0.4, 0.5) is 0 Å². The molecule has 9 rings (SSSR count). The molecule has 0 atom stereocenters. The summed E-state index contributed by atoms with van der Waals surface area (Å²) in [7, 11) is 0. The summed E-state index contributed by atoms with van der Waals surface area (Å²) < 4.78 is 6.87. The highest BCUT2D eigenvalue weighted by Crippen LogP contribution is 2.44. The molecule has 0 saturated heterocycles. The Morgan fingerprint density at radius 1 is 0.392 bits per heavy atom. The predicted octanol–water partition coefficient (Wildman–Crippen LogP) is 12.2. The standard InChI is InChI=1S/C47H29N3O/c48-28-31-11-1-2-14-37(31)43-20-8-22-45-44-21-7-19-42(46(44)51-47(43)45)36-26-34(40-17-5-3-15-38(40)32-12-9-23-49-29-32)25-35(27-36)41-18-6-4-16-39(41)33-13-10-24-50-30-33/h1-27,29-30H. The second-order valence-corrected chi connectivity index (χ2v) is 12.5. The second-order valence-electron chi connectivity index (χ2n) is 12.5. The summed E-state index contributed by atoms with van der Waals surface area (Å²) in [5.74, 6) is 0. The van der Waals surface area contributed by atoms with Crippen LogP contribution >= 0.6 is 0 Å². The maximum absolute atomic E-state index is 9.92. The quantitative estimate of drug-likeness (QED) is 0.179. The molecule has 6 aromatic carbocycles. The van der Waals surface area contributed by atoms with Gasteiger partial charge >= 0.3 is 0 Å². The van der Waals surface area contributed by atoms with Crippen molar-refractivity contribution in [3.8, 4) is 72.8 Å². The number of benzene rings is 6. The van der Waals surface area contributed by atoms with Crippen LogP contribution in [0.3, 0.4) is 0 Å². The van der Waals surface area contributed by atoms with E-state index in [1.54, 1.807) is 12.4 Å². The first-order valence-electron chi connectivity index (χ1n) is 16.9. The zero-order valence-corrected chi connectivity index (χ0v) is 27.5. The van der Waals surface area contributed by atoms with Gasteiger partial charge in [0.15, 0.2) is 0 Å². The van der Waals surface area contributed by atoms with Gasteiger partial charge in [0.2, 0.25) is 0 Å². The van der Waals surface area contributed by atoms with E-state index in [2.05, 4.69) is 119 Å². The van der Waals surface area contributed by atoms with Gasteiger partial charge in [0.05, 0.1) is 11.6 Å². The van der Waals surface area contributed by atoms with Crippen molar-refractivity contribution in [1.29, 1.82) is 5.26 Å². The zero-order chi connectivity index (χ0) is 34.1. The van der Waals surface area contributed by atoms with Crippen LogP contribution in [0.15, 0.2) is 181 Å². The van der Waals surface area contributed by atoms with Crippen LogP contribution in [0.2, 0.25) is 0 Å². The minimum atomic E-state index is 0.614. The molecule has 0 bridgehead atoms.